The van der Waals surface area contributed by atoms with E-state index in [0.717, 1.165) is 21.3 Å². The summed E-state index contributed by atoms with van der Waals surface area (Å²) in [5.41, 5.74) is 2.30. The third kappa shape index (κ3) is 3.72. The lowest BCUT2D eigenvalue weighted by molar-refractivity contribution is -0.384. The van der Waals surface area contributed by atoms with Gasteiger partial charge in [0.25, 0.3) is 5.69 Å². The Bertz CT molecular complexity index is 674. The van der Waals surface area contributed by atoms with Crippen molar-refractivity contribution in [2.75, 3.05) is 12.4 Å². The molecule has 0 spiro atoms. The summed E-state index contributed by atoms with van der Waals surface area (Å²) in [6, 6.07) is 10.8. The van der Waals surface area contributed by atoms with Gasteiger partial charge in [-0.2, -0.15) is 0 Å². The Morgan fingerprint density at radius 3 is 2.71 bits per heavy atom. The van der Waals surface area contributed by atoms with Crippen LogP contribution in [0.2, 0.25) is 0 Å². The normalized spacial score (nSPS) is 10.2. The maximum absolute atomic E-state index is 11.0. The number of rotatable bonds is 5. The number of anilines is 1. The quantitative estimate of drug-likeness (QED) is 0.645. The third-order valence-corrected chi connectivity index (χ3v) is 3.57. The summed E-state index contributed by atoms with van der Waals surface area (Å²) in [6.07, 6.45) is 0. The SMILES string of the molecule is CNc1ccc(COc2cc(Br)ccc2C)cc1[N+](=O)[O-]. The lowest BCUT2D eigenvalue weighted by Gasteiger charge is -2.10. The molecule has 2 aromatic rings. The number of nitro groups is 1. The molecular formula is C15H15BrN2O3. The molecule has 5 nitrogen and oxygen atoms in total. The van der Waals surface area contributed by atoms with Crippen LogP contribution in [0.1, 0.15) is 11.1 Å². The fourth-order valence-corrected chi connectivity index (χ4v) is 2.26. The van der Waals surface area contributed by atoms with Gasteiger partial charge >= 0.3 is 0 Å². The van der Waals surface area contributed by atoms with Crippen molar-refractivity contribution in [2.45, 2.75) is 13.5 Å². The number of hydrogen-bond donors (Lipinski definition) is 1. The number of nitro benzene ring substituents is 1. The van der Waals surface area contributed by atoms with Gasteiger partial charge in [0.15, 0.2) is 0 Å². The van der Waals surface area contributed by atoms with Gasteiger partial charge in [-0.25, -0.2) is 0 Å². The van der Waals surface area contributed by atoms with Crippen LogP contribution in [-0.4, -0.2) is 12.0 Å². The molecule has 0 aliphatic heterocycles. The topological polar surface area (TPSA) is 64.4 Å². The van der Waals surface area contributed by atoms with E-state index in [1.807, 2.05) is 31.2 Å². The van der Waals surface area contributed by atoms with E-state index in [1.165, 1.54) is 6.07 Å². The minimum atomic E-state index is -0.403. The van der Waals surface area contributed by atoms with E-state index in [1.54, 1.807) is 13.1 Å². The molecule has 21 heavy (non-hydrogen) atoms. The van der Waals surface area contributed by atoms with Gasteiger partial charge in [0.1, 0.15) is 18.0 Å². The van der Waals surface area contributed by atoms with E-state index in [2.05, 4.69) is 21.2 Å². The summed E-state index contributed by atoms with van der Waals surface area (Å²) in [7, 11) is 1.66. The van der Waals surface area contributed by atoms with Gasteiger partial charge in [-0.15, -0.1) is 0 Å². The highest BCUT2D eigenvalue weighted by Gasteiger charge is 2.13. The summed E-state index contributed by atoms with van der Waals surface area (Å²) in [4.78, 5) is 10.6. The molecule has 1 N–H and O–H groups in total. The number of benzene rings is 2. The van der Waals surface area contributed by atoms with E-state index >= 15 is 0 Å². The number of halogens is 1. The molecule has 0 saturated heterocycles. The van der Waals surface area contributed by atoms with Crippen molar-refractivity contribution < 1.29 is 9.66 Å². The Hall–Kier alpha value is -2.08. The first-order valence-corrected chi connectivity index (χ1v) is 7.14. The van der Waals surface area contributed by atoms with E-state index < -0.39 is 4.92 Å². The lowest BCUT2D eigenvalue weighted by atomic mass is 10.2. The second-order valence-corrected chi connectivity index (χ2v) is 5.47. The van der Waals surface area contributed by atoms with Crippen LogP contribution in [0.4, 0.5) is 11.4 Å². The average molecular weight is 351 g/mol. The van der Waals surface area contributed by atoms with E-state index in [4.69, 9.17) is 4.74 Å². The van der Waals surface area contributed by atoms with Gasteiger partial charge in [-0.1, -0.05) is 28.1 Å². The Kier molecular flexibility index (Phi) is 4.80. The van der Waals surface area contributed by atoms with Crippen molar-refractivity contribution >= 4 is 27.3 Å². The van der Waals surface area contributed by atoms with Gasteiger partial charge in [-0.3, -0.25) is 10.1 Å². The van der Waals surface area contributed by atoms with Crippen molar-refractivity contribution in [1.82, 2.24) is 0 Å². The minimum Gasteiger partial charge on any atom is -0.489 e. The smallest absolute Gasteiger partial charge is 0.292 e. The molecule has 0 amide bonds. The third-order valence-electron chi connectivity index (χ3n) is 3.07. The van der Waals surface area contributed by atoms with Crippen molar-refractivity contribution in [3.63, 3.8) is 0 Å². The van der Waals surface area contributed by atoms with Crippen LogP contribution in [-0.2, 0) is 6.61 Å². The van der Waals surface area contributed by atoms with Gasteiger partial charge in [0.05, 0.1) is 4.92 Å². The van der Waals surface area contributed by atoms with Gasteiger partial charge in [0.2, 0.25) is 0 Å². The second kappa shape index (κ2) is 6.58. The molecule has 0 aliphatic carbocycles. The number of nitrogens with zero attached hydrogens (tertiary/aromatic N) is 1. The standard InChI is InChI=1S/C15H15BrN2O3/c1-10-3-5-12(16)8-15(10)21-9-11-4-6-13(17-2)14(7-11)18(19)20/h3-8,17H,9H2,1-2H3. The highest BCUT2D eigenvalue weighted by molar-refractivity contribution is 9.10. The summed E-state index contributed by atoms with van der Waals surface area (Å²) >= 11 is 3.39. The van der Waals surface area contributed by atoms with Crippen molar-refractivity contribution in [2.24, 2.45) is 0 Å². The Morgan fingerprint density at radius 1 is 1.29 bits per heavy atom. The first-order chi connectivity index (χ1) is 10.0. The van der Waals surface area contributed by atoms with Crippen LogP contribution in [0.15, 0.2) is 40.9 Å². The van der Waals surface area contributed by atoms with E-state index in [-0.39, 0.29) is 12.3 Å². The number of nitrogens with one attached hydrogen (secondary N) is 1. The first-order valence-electron chi connectivity index (χ1n) is 6.35. The van der Waals surface area contributed by atoms with Crippen LogP contribution < -0.4 is 10.1 Å². The highest BCUT2D eigenvalue weighted by Crippen LogP contribution is 2.27. The molecule has 110 valence electrons. The van der Waals surface area contributed by atoms with Crippen LogP contribution in [0.5, 0.6) is 5.75 Å². The number of ether oxygens (including phenoxy) is 1. The van der Waals surface area contributed by atoms with Crippen LogP contribution in [0.3, 0.4) is 0 Å². The Morgan fingerprint density at radius 2 is 2.05 bits per heavy atom. The van der Waals surface area contributed by atoms with Crippen LogP contribution in [0, 0.1) is 17.0 Å². The van der Waals surface area contributed by atoms with Crippen molar-refractivity contribution in [3.8, 4) is 5.75 Å². The largest absolute Gasteiger partial charge is 0.489 e. The number of hydrogen-bond acceptors (Lipinski definition) is 4. The first kappa shape index (κ1) is 15.3. The predicted molar refractivity (Wildman–Crippen MR) is 85.9 cm³/mol. The fourth-order valence-electron chi connectivity index (χ4n) is 1.92. The molecule has 0 fully saturated rings. The molecule has 2 aromatic carbocycles. The summed E-state index contributed by atoms with van der Waals surface area (Å²) < 4.78 is 6.67. The zero-order valence-electron chi connectivity index (χ0n) is 11.7. The van der Waals surface area contributed by atoms with E-state index in [9.17, 15) is 10.1 Å². The molecule has 6 heteroatoms. The van der Waals surface area contributed by atoms with E-state index in [0.29, 0.717) is 5.69 Å². The molecule has 0 saturated carbocycles. The monoisotopic (exact) mass is 350 g/mol. The molecule has 0 unspecified atom stereocenters. The van der Waals surface area contributed by atoms with Crippen molar-refractivity contribution in [3.05, 3.63) is 62.1 Å². The molecule has 0 aromatic heterocycles. The average Bonchev–Trinajstić information content (AvgIpc) is 2.47. The van der Waals surface area contributed by atoms with Gasteiger partial charge in [-0.05, 0) is 36.2 Å². The molecular weight excluding hydrogens is 336 g/mol. The summed E-state index contributed by atoms with van der Waals surface area (Å²) in [6.45, 7) is 2.23. The molecule has 0 heterocycles. The highest BCUT2D eigenvalue weighted by atomic mass is 79.9. The fraction of sp³-hybridized carbons (Fsp3) is 0.200. The Labute approximate surface area is 131 Å². The number of aryl methyl sites for hydroxylation is 1. The summed E-state index contributed by atoms with van der Waals surface area (Å²) in [5.74, 6) is 0.754. The predicted octanol–water partition coefficient (Wildman–Crippen LogP) is 4.29. The zero-order valence-corrected chi connectivity index (χ0v) is 13.3. The van der Waals surface area contributed by atoms with Crippen molar-refractivity contribution in [1.29, 1.82) is 0 Å². The maximum Gasteiger partial charge on any atom is 0.292 e. The Balaban J connectivity index is 2.18. The molecule has 0 radical (unpaired) electrons. The summed E-state index contributed by atoms with van der Waals surface area (Å²) in [5, 5.41) is 13.8. The van der Waals surface area contributed by atoms with Crippen LogP contribution >= 0.6 is 15.9 Å². The lowest BCUT2D eigenvalue weighted by Crippen LogP contribution is -2.01. The minimum absolute atomic E-state index is 0.0459. The van der Waals surface area contributed by atoms with Crippen LogP contribution in [0.25, 0.3) is 0 Å². The molecule has 0 atom stereocenters. The molecule has 2 rings (SSSR count). The van der Waals surface area contributed by atoms with Gasteiger partial charge < -0.3 is 10.1 Å². The molecule has 0 aliphatic rings. The van der Waals surface area contributed by atoms with Gasteiger partial charge in [0, 0.05) is 17.6 Å². The zero-order chi connectivity index (χ0) is 15.4. The molecule has 0 bridgehead atoms. The maximum atomic E-state index is 11.0. The second-order valence-electron chi connectivity index (χ2n) is 4.56.